The first-order valence-electron chi connectivity index (χ1n) is 3.58. The average Bonchev–Trinajstić information content (AvgIpc) is 2.58. The van der Waals surface area contributed by atoms with Gasteiger partial charge in [0, 0.05) is 6.20 Å². The van der Waals surface area contributed by atoms with Crippen LogP contribution in [0.15, 0.2) is 12.4 Å². The van der Waals surface area contributed by atoms with Crippen molar-refractivity contribution in [2.45, 2.75) is 6.42 Å². The maximum Gasteiger partial charge on any atom is 0.235 e. The first-order chi connectivity index (χ1) is 5.77. The molecule has 2 rings (SSSR count). The maximum absolute atomic E-state index is 11.1. The third-order valence-corrected chi connectivity index (χ3v) is 1.78. The molecule has 12 heavy (non-hydrogen) atoms. The van der Waals surface area contributed by atoms with E-state index in [-0.39, 0.29) is 24.7 Å². The van der Waals surface area contributed by atoms with Crippen molar-refractivity contribution in [3.63, 3.8) is 0 Å². The van der Waals surface area contributed by atoms with Crippen molar-refractivity contribution in [3.05, 3.63) is 12.4 Å². The fraction of sp³-hybridized carbons (Fsp3) is 0.286. The van der Waals surface area contributed by atoms with Gasteiger partial charge < -0.3 is 4.90 Å². The van der Waals surface area contributed by atoms with Crippen LogP contribution >= 0.6 is 0 Å². The van der Waals surface area contributed by atoms with Crippen molar-refractivity contribution < 1.29 is 9.59 Å². The van der Waals surface area contributed by atoms with Crippen molar-refractivity contribution in [1.82, 2.24) is 10.2 Å². The second kappa shape index (κ2) is 2.44. The number of nitrogens with zero attached hydrogens (tertiary/aromatic N) is 2. The summed E-state index contributed by atoms with van der Waals surface area (Å²) >= 11 is 0. The van der Waals surface area contributed by atoms with E-state index in [0.717, 1.165) is 0 Å². The fourth-order valence-corrected chi connectivity index (χ4v) is 1.21. The number of nitrogens with one attached hydrogen (secondary N) is 1. The molecule has 0 aliphatic carbocycles. The van der Waals surface area contributed by atoms with Crippen LogP contribution in [0.1, 0.15) is 6.42 Å². The molecular formula is C7H7N3O2. The highest BCUT2D eigenvalue weighted by atomic mass is 16.2. The number of amides is 1. The number of hydrogen-bond acceptors (Lipinski definition) is 3. The monoisotopic (exact) mass is 165 g/mol. The van der Waals surface area contributed by atoms with Gasteiger partial charge in [0.15, 0.2) is 5.78 Å². The van der Waals surface area contributed by atoms with Crippen LogP contribution in [0.3, 0.4) is 0 Å². The molecule has 1 aromatic rings. The molecule has 1 saturated heterocycles. The summed E-state index contributed by atoms with van der Waals surface area (Å²) in [6.45, 7) is 0.179. The Labute approximate surface area is 68.4 Å². The zero-order valence-electron chi connectivity index (χ0n) is 6.28. The van der Waals surface area contributed by atoms with Crippen LogP contribution in [0.5, 0.6) is 0 Å². The Morgan fingerprint density at radius 2 is 2.33 bits per heavy atom. The Morgan fingerprint density at radius 3 is 2.83 bits per heavy atom. The molecule has 0 bridgehead atoms. The normalized spacial score (nSPS) is 17.5. The first kappa shape index (κ1) is 7.02. The summed E-state index contributed by atoms with van der Waals surface area (Å²) in [6, 6.07) is 0. The Kier molecular flexibility index (Phi) is 1.43. The molecule has 62 valence electrons. The van der Waals surface area contributed by atoms with E-state index in [1.807, 2.05) is 0 Å². The predicted molar refractivity (Wildman–Crippen MR) is 40.6 cm³/mol. The van der Waals surface area contributed by atoms with Crippen molar-refractivity contribution >= 4 is 17.4 Å². The van der Waals surface area contributed by atoms with Crippen LogP contribution in [0.4, 0.5) is 5.69 Å². The minimum Gasteiger partial charge on any atom is -0.302 e. The van der Waals surface area contributed by atoms with Crippen LogP contribution in [0.25, 0.3) is 0 Å². The molecule has 0 saturated carbocycles. The molecule has 5 nitrogen and oxygen atoms in total. The Hall–Kier alpha value is -1.65. The number of Topliss-reactive ketones (excluding diaryl/α,β-unsaturated/α-hetero) is 1. The Morgan fingerprint density at radius 1 is 1.50 bits per heavy atom. The summed E-state index contributed by atoms with van der Waals surface area (Å²) in [5.74, 6) is -0.192. The maximum atomic E-state index is 11.1. The van der Waals surface area contributed by atoms with E-state index >= 15 is 0 Å². The van der Waals surface area contributed by atoms with Gasteiger partial charge in [-0.2, -0.15) is 5.10 Å². The molecule has 0 atom stereocenters. The number of hydrogen-bond donors (Lipinski definition) is 1. The van der Waals surface area contributed by atoms with Crippen LogP contribution in [-0.2, 0) is 9.59 Å². The number of carbonyl (C=O) groups is 2. The van der Waals surface area contributed by atoms with Gasteiger partial charge in [-0.15, -0.1) is 0 Å². The predicted octanol–water partition coefficient (Wildman–Crippen LogP) is -0.285. The zero-order chi connectivity index (χ0) is 8.55. The molecule has 5 heteroatoms. The van der Waals surface area contributed by atoms with Crippen LogP contribution in [0, 0.1) is 0 Å². The van der Waals surface area contributed by atoms with Crippen LogP contribution in [0.2, 0.25) is 0 Å². The summed E-state index contributed by atoms with van der Waals surface area (Å²) in [4.78, 5) is 23.4. The van der Waals surface area contributed by atoms with Gasteiger partial charge in [0.25, 0.3) is 0 Å². The molecule has 1 aromatic heterocycles. The van der Waals surface area contributed by atoms with Gasteiger partial charge >= 0.3 is 0 Å². The van der Waals surface area contributed by atoms with Gasteiger partial charge in [-0.3, -0.25) is 14.7 Å². The highest BCUT2D eigenvalue weighted by molar-refractivity contribution is 6.14. The van der Waals surface area contributed by atoms with Crippen molar-refractivity contribution in [2.24, 2.45) is 0 Å². The summed E-state index contributed by atoms with van der Waals surface area (Å²) in [5, 5.41) is 6.28. The van der Waals surface area contributed by atoms with E-state index in [4.69, 9.17) is 0 Å². The summed E-state index contributed by atoms with van der Waals surface area (Å²) in [5.41, 5.74) is 0.658. The standard InChI is InChI=1S/C7H7N3O2/c11-6-1-7(12)10(4-6)5-2-8-9-3-5/h2-3H,1,4H2,(H,8,9). The van der Waals surface area contributed by atoms with Gasteiger partial charge in [-0.1, -0.05) is 0 Å². The second-order valence-electron chi connectivity index (χ2n) is 2.65. The van der Waals surface area contributed by atoms with Gasteiger partial charge in [-0.05, 0) is 0 Å². The number of anilines is 1. The molecule has 0 unspecified atom stereocenters. The van der Waals surface area contributed by atoms with Crippen molar-refractivity contribution in [2.75, 3.05) is 11.4 Å². The van der Waals surface area contributed by atoms with Gasteiger partial charge in [-0.25, -0.2) is 0 Å². The number of ketones is 1. The van der Waals surface area contributed by atoms with Gasteiger partial charge in [0.2, 0.25) is 5.91 Å². The van der Waals surface area contributed by atoms with Gasteiger partial charge in [0.05, 0.1) is 24.8 Å². The SMILES string of the molecule is O=C1CC(=O)N(c2cn[nH]c2)C1. The molecule has 0 spiro atoms. The van der Waals surface area contributed by atoms with Crippen molar-refractivity contribution in [1.29, 1.82) is 0 Å². The van der Waals surface area contributed by atoms with Crippen LogP contribution < -0.4 is 4.90 Å². The lowest BCUT2D eigenvalue weighted by molar-refractivity contribution is -0.121. The van der Waals surface area contributed by atoms with E-state index < -0.39 is 0 Å². The minimum atomic E-state index is -0.151. The molecule has 1 aliphatic heterocycles. The van der Waals surface area contributed by atoms with E-state index in [0.29, 0.717) is 5.69 Å². The summed E-state index contributed by atoms with van der Waals surface area (Å²) in [6.07, 6.45) is 3.14. The smallest absolute Gasteiger partial charge is 0.235 e. The summed E-state index contributed by atoms with van der Waals surface area (Å²) in [7, 11) is 0. The number of rotatable bonds is 1. The summed E-state index contributed by atoms with van der Waals surface area (Å²) < 4.78 is 0. The number of aromatic amines is 1. The first-order valence-corrected chi connectivity index (χ1v) is 3.58. The Balaban J connectivity index is 2.26. The lowest BCUT2D eigenvalue weighted by atomic mass is 10.3. The van der Waals surface area contributed by atoms with E-state index in [9.17, 15) is 9.59 Å². The number of H-pyrrole nitrogens is 1. The molecule has 1 fully saturated rings. The van der Waals surface area contributed by atoms with E-state index in [2.05, 4.69) is 10.2 Å². The molecule has 2 heterocycles. The second-order valence-corrected chi connectivity index (χ2v) is 2.65. The molecule has 0 radical (unpaired) electrons. The molecule has 0 aromatic carbocycles. The third-order valence-electron chi connectivity index (χ3n) is 1.78. The molecular weight excluding hydrogens is 158 g/mol. The molecule has 1 aliphatic rings. The molecule has 1 amide bonds. The lowest BCUT2D eigenvalue weighted by Gasteiger charge is -2.09. The van der Waals surface area contributed by atoms with E-state index in [1.54, 1.807) is 6.20 Å². The van der Waals surface area contributed by atoms with E-state index in [1.165, 1.54) is 11.1 Å². The minimum absolute atomic E-state index is 0.0190. The number of carbonyl (C=O) groups excluding carboxylic acids is 2. The van der Waals surface area contributed by atoms with Crippen molar-refractivity contribution in [3.8, 4) is 0 Å². The third kappa shape index (κ3) is 0.990. The average molecular weight is 165 g/mol. The molecule has 1 N–H and O–H groups in total. The highest BCUT2D eigenvalue weighted by Crippen LogP contribution is 2.16. The fourth-order valence-electron chi connectivity index (χ4n) is 1.21. The quantitative estimate of drug-likeness (QED) is 0.582. The zero-order valence-corrected chi connectivity index (χ0v) is 6.28. The van der Waals surface area contributed by atoms with Crippen LogP contribution in [-0.4, -0.2) is 28.4 Å². The topological polar surface area (TPSA) is 66.1 Å². The lowest BCUT2D eigenvalue weighted by Crippen LogP contribution is -2.23. The largest absolute Gasteiger partial charge is 0.302 e. The Bertz CT molecular complexity index is 317. The highest BCUT2D eigenvalue weighted by Gasteiger charge is 2.28. The number of aromatic nitrogens is 2. The van der Waals surface area contributed by atoms with Gasteiger partial charge in [0.1, 0.15) is 0 Å².